The van der Waals surface area contributed by atoms with Crippen LogP contribution < -0.4 is 5.32 Å². The van der Waals surface area contributed by atoms with Gasteiger partial charge in [0, 0.05) is 28.4 Å². The van der Waals surface area contributed by atoms with Crippen LogP contribution in [-0.4, -0.2) is 28.6 Å². The molecule has 1 aliphatic rings. The molecule has 92 valence electrons. The van der Waals surface area contributed by atoms with Gasteiger partial charge in [-0.1, -0.05) is 6.42 Å². The summed E-state index contributed by atoms with van der Waals surface area (Å²) >= 11 is 2.09. The number of carbonyl (C=O) groups excluding carboxylic acids is 1. The molecule has 0 aliphatic heterocycles. The lowest BCUT2D eigenvalue weighted by Crippen LogP contribution is -2.32. The summed E-state index contributed by atoms with van der Waals surface area (Å²) in [5, 5.41) is 12.5. The Morgan fingerprint density at radius 1 is 1.59 bits per heavy atom. The molecular formula is C12H15IN2O2. The van der Waals surface area contributed by atoms with Crippen molar-refractivity contribution in [2.75, 3.05) is 6.54 Å². The Kier molecular flexibility index (Phi) is 4.33. The normalized spacial score (nSPS) is 23.6. The summed E-state index contributed by atoms with van der Waals surface area (Å²) in [6.07, 6.45) is 5.92. The van der Waals surface area contributed by atoms with Crippen LogP contribution in [0.15, 0.2) is 18.5 Å². The summed E-state index contributed by atoms with van der Waals surface area (Å²) in [5.41, 5.74) is 0.646. The zero-order valence-electron chi connectivity index (χ0n) is 9.40. The molecule has 2 rings (SSSR count). The van der Waals surface area contributed by atoms with Gasteiger partial charge in [0.1, 0.15) is 0 Å². The van der Waals surface area contributed by atoms with E-state index in [2.05, 4.69) is 32.9 Å². The van der Waals surface area contributed by atoms with Crippen molar-refractivity contribution in [2.45, 2.75) is 25.4 Å². The van der Waals surface area contributed by atoms with Crippen molar-refractivity contribution >= 4 is 28.5 Å². The van der Waals surface area contributed by atoms with Crippen LogP contribution in [0, 0.1) is 9.49 Å². The molecule has 17 heavy (non-hydrogen) atoms. The number of amides is 1. The number of aliphatic hydroxyl groups excluding tert-OH is 1. The summed E-state index contributed by atoms with van der Waals surface area (Å²) in [6, 6.07) is 1.71. The molecule has 1 heterocycles. The number of aliphatic hydroxyl groups is 1. The molecule has 1 aromatic heterocycles. The topological polar surface area (TPSA) is 62.2 Å². The number of carbonyl (C=O) groups is 1. The molecule has 2 atom stereocenters. The number of hydrogen-bond donors (Lipinski definition) is 2. The van der Waals surface area contributed by atoms with Crippen molar-refractivity contribution in [1.29, 1.82) is 0 Å². The van der Waals surface area contributed by atoms with Crippen molar-refractivity contribution in [3.05, 3.63) is 27.6 Å². The van der Waals surface area contributed by atoms with Gasteiger partial charge in [-0.05, 0) is 41.5 Å². The highest BCUT2D eigenvalue weighted by molar-refractivity contribution is 14.1. The maximum atomic E-state index is 11.9. The van der Waals surface area contributed by atoms with Gasteiger partial charge in [0.2, 0.25) is 0 Å². The van der Waals surface area contributed by atoms with Crippen LogP contribution >= 0.6 is 22.6 Å². The van der Waals surface area contributed by atoms with Crippen LogP contribution in [0.3, 0.4) is 0 Å². The third kappa shape index (κ3) is 3.16. The molecular weight excluding hydrogens is 331 g/mol. The number of halogens is 1. The molecule has 4 nitrogen and oxygen atoms in total. The first-order valence-electron chi connectivity index (χ1n) is 5.74. The van der Waals surface area contributed by atoms with Crippen molar-refractivity contribution in [2.24, 2.45) is 5.92 Å². The van der Waals surface area contributed by atoms with Crippen LogP contribution in [0.5, 0.6) is 0 Å². The quantitative estimate of drug-likeness (QED) is 0.817. The SMILES string of the molecule is O=C(NCC1CCCC1O)c1ccncc1I. The second kappa shape index (κ2) is 5.77. The lowest BCUT2D eigenvalue weighted by molar-refractivity contribution is 0.0916. The van der Waals surface area contributed by atoms with Gasteiger partial charge in [-0.25, -0.2) is 0 Å². The van der Waals surface area contributed by atoms with Gasteiger partial charge in [-0.2, -0.15) is 0 Å². The molecule has 0 bridgehead atoms. The second-order valence-corrected chi connectivity index (χ2v) is 5.49. The first kappa shape index (κ1) is 12.8. The fourth-order valence-corrected chi connectivity index (χ4v) is 2.72. The number of pyridine rings is 1. The molecule has 0 radical (unpaired) electrons. The minimum absolute atomic E-state index is 0.0871. The van der Waals surface area contributed by atoms with E-state index < -0.39 is 0 Å². The van der Waals surface area contributed by atoms with E-state index in [-0.39, 0.29) is 17.9 Å². The van der Waals surface area contributed by atoms with E-state index in [4.69, 9.17) is 0 Å². The van der Waals surface area contributed by atoms with Gasteiger partial charge in [-0.3, -0.25) is 9.78 Å². The molecule has 2 unspecified atom stereocenters. The third-order valence-electron chi connectivity index (χ3n) is 3.16. The van der Waals surface area contributed by atoms with Crippen LogP contribution in [0.25, 0.3) is 0 Å². The average molecular weight is 346 g/mol. The lowest BCUT2D eigenvalue weighted by Gasteiger charge is -2.15. The van der Waals surface area contributed by atoms with Crippen molar-refractivity contribution in [3.63, 3.8) is 0 Å². The summed E-state index contributed by atoms with van der Waals surface area (Å²) in [7, 11) is 0. The Labute approximate surface area is 114 Å². The largest absolute Gasteiger partial charge is 0.393 e. The fraction of sp³-hybridized carbons (Fsp3) is 0.500. The average Bonchev–Trinajstić information content (AvgIpc) is 2.72. The van der Waals surface area contributed by atoms with Crippen LogP contribution in [0.1, 0.15) is 29.6 Å². The Balaban J connectivity index is 1.91. The van der Waals surface area contributed by atoms with Gasteiger partial charge >= 0.3 is 0 Å². The number of rotatable bonds is 3. The van der Waals surface area contributed by atoms with E-state index in [0.717, 1.165) is 22.8 Å². The van der Waals surface area contributed by atoms with Crippen molar-refractivity contribution < 1.29 is 9.90 Å². The van der Waals surface area contributed by atoms with E-state index >= 15 is 0 Å². The fourth-order valence-electron chi connectivity index (χ4n) is 2.13. The minimum atomic E-state index is -0.258. The minimum Gasteiger partial charge on any atom is -0.393 e. The predicted molar refractivity (Wildman–Crippen MR) is 72.6 cm³/mol. The molecule has 1 saturated carbocycles. The van der Waals surface area contributed by atoms with Crippen molar-refractivity contribution in [3.8, 4) is 0 Å². The molecule has 2 N–H and O–H groups in total. The van der Waals surface area contributed by atoms with Gasteiger partial charge < -0.3 is 10.4 Å². The van der Waals surface area contributed by atoms with E-state index in [1.165, 1.54) is 0 Å². The Bertz CT molecular complexity index is 411. The standard InChI is InChI=1S/C12H15IN2O2/c13-10-7-14-5-4-9(10)12(17)15-6-8-2-1-3-11(8)16/h4-5,7-8,11,16H,1-3,6H2,(H,15,17). The molecule has 1 amide bonds. The van der Waals surface area contributed by atoms with Gasteiger partial charge in [-0.15, -0.1) is 0 Å². The van der Waals surface area contributed by atoms with Gasteiger partial charge in [0.05, 0.1) is 11.7 Å². The molecule has 5 heteroatoms. The number of nitrogens with zero attached hydrogens (tertiary/aromatic N) is 1. The summed E-state index contributed by atoms with van der Waals surface area (Å²) in [4.78, 5) is 15.9. The summed E-state index contributed by atoms with van der Waals surface area (Å²) < 4.78 is 0.842. The lowest BCUT2D eigenvalue weighted by atomic mass is 10.1. The second-order valence-electron chi connectivity index (χ2n) is 4.32. The Morgan fingerprint density at radius 2 is 2.41 bits per heavy atom. The highest BCUT2D eigenvalue weighted by atomic mass is 127. The van der Waals surface area contributed by atoms with E-state index in [0.29, 0.717) is 12.1 Å². The molecule has 0 aromatic carbocycles. The van der Waals surface area contributed by atoms with E-state index in [1.807, 2.05) is 0 Å². The number of hydrogen-bond acceptors (Lipinski definition) is 3. The Hall–Kier alpha value is -0.690. The number of aromatic nitrogens is 1. The highest BCUT2D eigenvalue weighted by Gasteiger charge is 2.25. The molecule has 1 fully saturated rings. The monoisotopic (exact) mass is 346 g/mol. The van der Waals surface area contributed by atoms with E-state index in [9.17, 15) is 9.90 Å². The third-order valence-corrected chi connectivity index (χ3v) is 4.02. The predicted octanol–water partition coefficient (Wildman–Crippen LogP) is 1.58. The zero-order valence-corrected chi connectivity index (χ0v) is 11.6. The van der Waals surface area contributed by atoms with Crippen LogP contribution in [-0.2, 0) is 0 Å². The zero-order chi connectivity index (χ0) is 12.3. The smallest absolute Gasteiger partial charge is 0.252 e. The maximum Gasteiger partial charge on any atom is 0.252 e. The first-order chi connectivity index (χ1) is 8.18. The highest BCUT2D eigenvalue weighted by Crippen LogP contribution is 2.24. The molecule has 0 saturated heterocycles. The van der Waals surface area contributed by atoms with Gasteiger partial charge in [0.15, 0.2) is 0 Å². The first-order valence-corrected chi connectivity index (χ1v) is 6.82. The van der Waals surface area contributed by atoms with Crippen molar-refractivity contribution in [1.82, 2.24) is 10.3 Å². The summed E-state index contributed by atoms with van der Waals surface area (Å²) in [6.45, 7) is 0.554. The van der Waals surface area contributed by atoms with Gasteiger partial charge in [0.25, 0.3) is 5.91 Å². The maximum absolute atomic E-state index is 11.9. The molecule has 1 aromatic rings. The Morgan fingerprint density at radius 3 is 3.06 bits per heavy atom. The summed E-state index contributed by atoms with van der Waals surface area (Å²) in [5.74, 6) is 0.120. The van der Waals surface area contributed by atoms with Crippen LogP contribution in [0.2, 0.25) is 0 Å². The molecule has 0 spiro atoms. The number of nitrogens with one attached hydrogen (secondary N) is 1. The van der Waals surface area contributed by atoms with E-state index in [1.54, 1.807) is 18.5 Å². The molecule has 1 aliphatic carbocycles. The van der Waals surface area contributed by atoms with Crippen LogP contribution in [0.4, 0.5) is 0 Å².